The lowest BCUT2D eigenvalue weighted by molar-refractivity contribution is -0.129. The molecule has 148 valence electrons. The summed E-state index contributed by atoms with van der Waals surface area (Å²) >= 11 is 0. The highest BCUT2D eigenvalue weighted by atomic mass is 16.5. The molecule has 0 unspecified atom stereocenters. The van der Waals surface area contributed by atoms with Crippen molar-refractivity contribution in [1.82, 2.24) is 14.8 Å². The number of nitriles is 1. The second-order valence-corrected chi connectivity index (χ2v) is 7.27. The highest BCUT2D eigenvalue weighted by Gasteiger charge is 2.25. The van der Waals surface area contributed by atoms with Crippen molar-refractivity contribution in [3.63, 3.8) is 0 Å². The van der Waals surface area contributed by atoms with E-state index >= 15 is 0 Å². The van der Waals surface area contributed by atoms with Gasteiger partial charge in [0.2, 0.25) is 11.8 Å². The Morgan fingerprint density at radius 2 is 1.96 bits per heavy atom. The molecule has 1 aliphatic heterocycles. The van der Waals surface area contributed by atoms with Gasteiger partial charge in [0.1, 0.15) is 11.6 Å². The fourth-order valence-corrected chi connectivity index (χ4v) is 3.50. The van der Waals surface area contributed by atoms with Crippen LogP contribution in [0.5, 0.6) is 5.88 Å². The van der Waals surface area contributed by atoms with Crippen LogP contribution in [0.3, 0.4) is 0 Å². The first kappa shape index (κ1) is 19.9. The van der Waals surface area contributed by atoms with Crippen molar-refractivity contribution in [1.29, 1.82) is 5.26 Å². The SMILES string of the molecule is CC(=O)N1CCN(c2c(C#N)c(OCCCN(C)C)nc3ccccc23)CC1. The number of ether oxygens (including phenoxy) is 1. The van der Waals surface area contributed by atoms with Crippen LogP contribution in [0.25, 0.3) is 10.9 Å². The lowest BCUT2D eigenvalue weighted by Crippen LogP contribution is -2.48. The predicted molar refractivity (Wildman–Crippen MR) is 110 cm³/mol. The summed E-state index contributed by atoms with van der Waals surface area (Å²) in [6, 6.07) is 10.1. The minimum atomic E-state index is 0.0876. The summed E-state index contributed by atoms with van der Waals surface area (Å²) in [6.45, 7) is 5.68. The molecule has 2 heterocycles. The molecule has 1 saturated heterocycles. The summed E-state index contributed by atoms with van der Waals surface area (Å²) in [5.41, 5.74) is 2.15. The van der Waals surface area contributed by atoms with Crippen molar-refractivity contribution in [2.24, 2.45) is 0 Å². The Morgan fingerprint density at radius 1 is 1.25 bits per heavy atom. The monoisotopic (exact) mass is 381 g/mol. The van der Waals surface area contributed by atoms with Crippen LogP contribution < -0.4 is 9.64 Å². The number of para-hydroxylation sites is 1. The van der Waals surface area contributed by atoms with Crippen LogP contribution in [0.15, 0.2) is 24.3 Å². The maximum Gasteiger partial charge on any atom is 0.234 e. The van der Waals surface area contributed by atoms with Crippen LogP contribution in [-0.4, -0.2) is 74.1 Å². The first-order valence-corrected chi connectivity index (χ1v) is 9.62. The third kappa shape index (κ3) is 4.34. The van der Waals surface area contributed by atoms with Crippen molar-refractivity contribution >= 4 is 22.5 Å². The molecule has 3 rings (SSSR count). The van der Waals surface area contributed by atoms with Gasteiger partial charge in [0.25, 0.3) is 0 Å². The zero-order chi connectivity index (χ0) is 20.1. The van der Waals surface area contributed by atoms with E-state index in [1.807, 2.05) is 43.3 Å². The lowest BCUT2D eigenvalue weighted by Gasteiger charge is -2.36. The molecule has 7 nitrogen and oxygen atoms in total. The molecule has 0 radical (unpaired) electrons. The standard InChI is InChI=1S/C21H27N5O2/c1-16(27)25-10-12-26(13-11-25)20-17-7-4-5-8-19(17)23-21(18(20)15-22)28-14-6-9-24(2)3/h4-5,7-8H,6,9-14H2,1-3H3. The number of pyridine rings is 1. The number of carbonyl (C=O) groups is 1. The van der Waals surface area contributed by atoms with E-state index in [1.54, 1.807) is 6.92 Å². The molecule has 7 heteroatoms. The number of nitrogens with zero attached hydrogens (tertiary/aromatic N) is 5. The molecule has 0 saturated carbocycles. The molecule has 1 aromatic carbocycles. The summed E-state index contributed by atoms with van der Waals surface area (Å²) in [7, 11) is 4.04. The van der Waals surface area contributed by atoms with Gasteiger partial charge < -0.3 is 19.4 Å². The van der Waals surface area contributed by atoms with E-state index in [2.05, 4.69) is 20.9 Å². The van der Waals surface area contributed by atoms with Crippen molar-refractivity contribution in [3.8, 4) is 11.9 Å². The quantitative estimate of drug-likeness (QED) is 0.714. The molecule has 1 fully saturated rings. The smallest absolute Gasteiger partial charge is 0.234 e. The number of rotatable bonds is 6. The fraction of sp³-hybridized carbons (Fsp3) is 0.476. The summed E-state index contributed by atoms with van der Waals surface area (Å²) in [4.78, 5) is 22.4. The van der Waals surface area contributed by atoms with E-state index in [0.717, 1.165) is 29.6 Å². The van der Waals surface area contributed by atoms with Gasteiger partial charge in [-0.15, -0.1) is 0 Å². The minimum Gasteiger partial charge on any atom is -0.477 e. The number of aromatic nitrogens is 1. The van der Waals surface area contributed by atoms with Gasteiger partial charge in [-0.3, -0.25) is 4.79 Å². The largest absolute Gasteiger partial charge is 0.477 e. The summed E-state index contributed by atoms with van der Waals surface area (Å²) in [5, 5.41) is 10.8. The van der Waals surface area contributed by atoms with Gasteiger partial charge >= 0.3 is 0 Å². The second-order valence-electron chi connectivity index (χ2n) is 7.27. The first-order chi connectivity index (χ1) is 13.5. The van der Waals surface area contributed by atoms with Crippen LogP contribution in [0.2, 0.25) is 0 Å². The van der Waals surface area contributed by atoms with Gasteiger partial charge in [0, 0.05) is 45.0 Å². The van der Waals surface area contributed by atoms with Crippen LogP contribution in [-0.2, 0) is 4.79 Å². The zero-order valence-corrected chi connectivity index (χ0v) is 16.8. The maximum absolute atomic E-state index is 11.6. The number of hydrogen-bond acceptors (Lipinski definition) is 6. The Kier molecular flexibility index (Phi) is 6.32. The molecule has 0 N–H and O–H groups in total. The number of benzene rings is 1. The molecule has 1 aromatic heterocycles. The van der Waals surface area contributed by atoms with Crippen LogP contribution in [0.1, 0.15) is 18.9 Å². The third-order valence-corrected chi connectivity index (χ3v) is 4.97. The summed E-state index contributed by atoms with van der Waals surface area (Å²) in [5.74, 6) is 0.480. The maximum atomic E-state index is 11.6. The van der Waals surface area contributed by atoms with E-state index < -0.39 is 0 Å². The zero-order valence-electron chi connectivity index (χ0n) is 16.8. The van der Waals surface area contributed by atoms with Crippen LogP contribution in [0, 0.1) is 11.3 Å². The molecule has 1 aliphatic rings. The number of piperazine rings is 1. The van der Waals surface area contributed by atoms with Crippen LogP contribution in [0.4, 0.5) is 5.69 Å². The Morgan fingerprint density at radius 3 is 2.61 bits per heavy atom. The van der Waals surface area contributed by atoms with Gasteiger partial charge in [0.05, 0.1) is 17.8 Å². The molecule has 28 heavy (non-hydrogen) atoms. The van der Waals surface area contributed by atoms with Crippen LogP contribution >= 0.6 is 0 Å². The molecule has 2 aromatic rings. The van der Waals surface area contributed by atoms with Gasteiger partial charge in [-0.1, -0.05) is 18.2 Å². The fourth-order valence-electron chi connectivity index (χ4n) is 3.50. The third-order valence-electron chi connectivity index (χ3n) is 4.97. The van der Waals surface area contributed by atoms with Crippen molar-refractivity contribution in [2.45, 2.75) is 13.3 Å². The average molecular weight is 381 g/mol. The van der Waals surface area contributed by atoms with Crippen molar-refractivity contribution in [2.75, 3.05) is 58.3 Å². The lowest BCUT2D eigenvalue weighted by atomic mass is 10.1. The van der Waals surface area contributed by atoms with Gasteiger partial charge in [0.15, 0.2) is 0 Å². The second kappa shape index (κ2) is 8.89. The Balaban J connectivity index is 1.93. The molecule has 0 aliphatic carbocycles. The Labute approximate surface area is 166 Å². The topological polar surface area (TPSA) is 72.7 Å². The van der Waals surface area contributed by atoms with E-state index in [1.165, 1.54) is 0 Å². The number of fused-ring (bicyclic) bond motifs is 1. The Hall–Kier alpha value is -2.85. The van der Waals surface area contributed by atoms with E-state index in [-0.39, 0.29) is 5.91 Å². The normalized spacial score (nSPS) is 14.4. The van der Waals surface area contributed by atoms with Crippen molar-refractivity contribution in [3.05, 3.63) is 29.8 Å². The molecular weight excluding hydrogens is 354 g/mol. The first-order valence-electron chi connectivity index (χ1n) is 9.62. The molecular formula is C21H27N5O2. The van der Waals surface area contributed by atoms with Gasteiger partial charge in [-0.2, -0.15) is 5.26 Å². The summed E-state index contributed by atoms with van der Waals surface area (Å²) < 4.78 is 5.93. The highest BCUT2D eigenvalue weighted by Crippen LogP contribution is 2.35. The Bertz CT molecular complexity index is 882. The van der Waals surface area contributed by atoms with E-state index in [4.69, 9.17) is 4.74 Å². The number of carbonyl (C=O) groups excluding carboxylic acids is 1. The molecule has 1 amide bonds. The van der Waals surface area contributed by atoms with Crippen molar-refractivity contribution < 1.29 is 9.53 Å². The highest BCUT2D eigenvalue weighted by molar-refractivity contribution is 5.96. The number of hydrogen-bond donors (Lipinski definition) is 0. The number of anilines is 1. The summed E-state index contributed by atoms with van der Waals surface area (Å²) in [6.07, 6.45) is 0.860. The molecule has 0 atom stereocenters. The van der Waals surface area contributed by atoms with Gasteiger partial charge in [-0.05, 0) is 26.6 Å². The average Bonchev–Trinajstić information content (AvgIpc) is 2.70. The predicted octanol–water partition coefficient (Wildman–Crippen LogP) is 2.11. The minimum absolute atomic E-state index is 0.0876. The van der Waals surface area contributed by atoms with E-state index in [9.17, 15) is 10.1 Å². The van der Waals surface area contributed by atoms with E-state index in [0.29, 0.717) is 44.2 Å². The van der Waals surface area contributed by atoms with Gasteiger partial charge in [-0.25, -0.2) is 4.98 Å². The molecule has 0 spiro atoms. The molecule has 0 bridgehead atoms. The number of amides is 1.